The lowest BCUT2D eigenvalue weighted by atomic mass is 9.76. The number of rotatable bonds is 3. The number of nitrogens with one attached hydrogen (secondary N) is 1. The van der Waals surface area contributed by atoms with Crippen molar-refractivity contribution in [2.24, 2.45) is 11.8 Å². The van der Waals surface area contributed by atoms with Crippen molar-refractivity contribution >= 4 is 40.1 Å². The summed E-state index contributed by atoms with van der Waals surface area (Å²) in [6.07, 6.45) is 7.39. The van der Waals surface area contributed by atoms with Gasteiger partial charge in [-0.1, -0.05) is 73.2 Å². The molecule has 0 aromatic heterocycles. The van der Waals surface area contributed by atoms with Crippen LogP contribution in [0.1, 0.15) is 37.7 Å². The lowest BCUT2D eigenvalue weighted by Crippen LogP contribution is -2.50. The second kappa shape index (κ2) is 7.53. The van der Waals surface area contributed by atoms with Gasteiger partial charge in [0.15, 0.2) is 0 Å². The molecule has 26 heavy (non-hydrogen) atoms. The van der Waals surface area contributed by atoms with E-state index in [9.17, 15) is 9.59 Å². The van der Waals surface area contributed by atoms with Crippen molar-refractivity contribution in [2.45, 2.75) is 44.7 Å². The summed E-state index contributed by atoms with van der Waals surface area (Å²) in [5, 5.41) is 3.17. The third-order valence-electron chi connectivity index (χ3n) is 5.54. The van der Waals surface area contributed by atoms with Crippen molar-refractivity contribution in [3.8, 4) is 0 Å². The Morgan fingerprint density at radius 3 is 2.77 bits per heavy atom. The van der Waals surface area contributed by atoms with E-state index in [2.05, 4.69) is 5.32 Å². The number of fused-ring (bicyclic) bond motifs is 1. The molecule has 1 aromatic rings. The SMILES string of the molecule is O=C1NC2CCCCC2CC1/C=C1\SC(=S)N(Cc2ccccc2)C1=O. The molecular weight excluding hydrogens is 364 g/mol. The Morgan fingerprint density at radius 1 is 1.19 bits per heavy atom. The summed E-state index contributed by atoms with van der Waals surface area (Å²) in [4.78, 5) is 27.5. The minimum Gasteiger partial charge on any atom is -0.353 e. The molecule has 2 aliphatic heterocycles. The summed E-state index contributed by atoms with van der Waals surface area (Å²) in [6, 6.07) is 10.2. The van der Waals surface area contributed by atoms with E-state index in [0.29, 0.717) is 27.7 Å². The highest BCUT2D eigenvalue weighted by Crippen LogP contribution is 2.37. The predicted octanol–water partition coefficient (Wildman–Crippen LogP) is 3.63. The Hall–Kier alpha value is -1.66. The Labute approximate surface area is 163 Å². The van der Waals surface area contributed by atoms with E-state index in [1.54, 1.807) is 4.90 Å². The van der Waals surface area contributed by atoms with E-state index in [1.165, 1.54) is 31.0 Å². The molecule has 0 bridgehead atoms. The van der Waals surface area contributed by atoms with Crippen LogP contribution in [0.15, 0.2) is 41.3 Å². The number of hydrogen-bond acceptors (Lipinski definition) is 4. The van der Waals surface area contributed by atoms with Gasteiger partial charge >= 0.3 is 0 Å². The van der Waals surface area contributed by atoms with Crippen molar-refractivity contribution in [2.75, 3.05) is 0 Å². The summed E-state index contributed by atoms with van der Waals surface area (Å²) in [5.74, 6) is 0.293. The van der Waals surface area contributed by atoms with Gasteiger partial charge in [0, 0.05) is 6.04 Å². The zero-order chi connectivity index (χ0) is 18.1. The molecule has 4 rings (SSSR count). The Balaban J connectivity index is 1.48. The summed E-state index contributed by atoms with van der Waals surface area (Å²) < 4.78 is 0.567. The highest BCUT2D eigenvalue weighted by atomic mass is 32.2. The van der Waals surface area contributed by atoms with Crippen LogP contribution in [-0.2, 0) is 16.1 Å². The summed E-state index contributed by atoms with van der Waals surface area (Å²) in [7, 11) is 0. The Kier molecular flexibility index (Phi) is 5.14. The quantitative estimate of drug-likeness (QED) is 0.637. The van der Waals surface area contributed by atoms with Crippen LogP contribution in [0, 0.1) is 11.8 Å². The number of thioether (sulfide) groups is 1. The summed E-state index contributed by atoms with van der Waals surface area (Å²) in [6.45, 7) is 0.477. The van der Waals surface area contributed by atoms with Crippen LogP contribution in [0.2, 0.25) is 0 Å². The zero-order valence-corrected chi connectivity index (χ0v) is 16.2. The minimum absolute atomic E-state index is 0.0569. The lowest BCUT2D eigenvalue weighted by molar-refractivity contribution is -0.128. The molecule has 4 nitrogen and oxygen atoms in total. The molecule has 3 fully saturated rings. The van der Waals surface area contributed by atoms with Crippen molar-refractivity contribution in [3.05, 3.63) is 46.9 Å². The largest absolute Gasteiger partial charge is 0.353 e. The highest BCUT2D eigenvalue weighted by Gasteiger charge is 2.38. The molecule has 1 aliphatic carbocycles. The smallest absolute Gasteiger partial charge is 0.266 e. The van der Waals surface area contributed by atoms with E-state index in [1.807, 2.05) is 36.4 Å². The average molecular weight is 387 g/mol. The first-order chi connectivity index (χ1) is 12.6. The zero-order valence-electron chi connectivity index (χ0n) is 14.5. The van der Waals surface area contributed by atoms with Crippen molar-refractivity contribution in [1.29, 1.82) is 0 Å². The molecule has 3 unspecified atom stereocenters. The number of thiocarbonyl (C=S) groups is 1. The lowest BCUT2D eigenvalue weighted by Gasteiger charge is -2.38. The molecule has 0 spiro atoms. The molecule has 0 radical (unpaired) electrons. The predicted molar refractivity (Wildman–Crippen MR) is 107 cm³/mol. The van der Waals surface area contributed by atoms with Gasteiger partial charge in [-0.05, 0) is 30.7 Å². The van der Waals surface area contributed by atoms with E-state index >= 15 is 0 Å². The number of piperidine rings is 1. The first-order valence-corrected chi connectivity index (χ1v) is 10.4. The molecule has 1 N–H and O–H groups in total. The maximum absolute atomic E-state index is 12.8. The van der Waals surface area contributed by atoms with Gasteiger partial charge in [0.25, 0.3) is 5.91 Å². The van der Waals surface area contributed by atoms with Gasteiger partial charge < -0.3 is 5.32 Å². The van der Waals surface area contributed by atoms with Gasteiger partial charge in [-0.25, -0.2) is 0 Å². The fraction of sp³-hybridized carbons (Fsp3) is 0.450. The van der Waals surface area contributed by atoms with Crippen LogP contribution in [0.5, 0.6) is 0 Å². The maximum Gasteiger partial charge on any atom is 0.266 e. The molecule has 136 valence electrons. The van der Waals surface area contributed by atoms with Gasteiger partial charge in [-0.2, -0.15) is 0 Å². The second-order valence-electron chi connectivity index (χ2n) is 7.28. The third kappa shape index (κ3) is 3.58. The van der Waals surface area contributed by atoms with Gasteiger partial charge in [-0.3, -0.25) is 14.5 Å². The van der Waals surface area contributed by atoms with Crippen LogP contribution in [0.3, 0.4) is 0 Å². The van der Waals surface area contributed by atoms with Crippen LogP contribution in [0.25, 0.3) is 0 Å². The topological polar surface area (TPSA) is 49.4 Å². The molecule has 1 aromatic carbocycles. The fourth-order valence-electron chi connectivity index (χ4n) is 4.15. The van der Waals surface area contributed by atoms with Gasteiger partial charge in [0.1, 0.15) is 4.32 Å². The van der Waals surface area contributed by atoms with Crippen molar-refractivity contribution in [3.63, 3.8) is 0 Å². The van der Waals surface area contributed by atoms with Gasteiger partial charge in [-0.15, -0.1) is 0 Å². The van der Waals surface area contributed by atoms with Crippen LogP contribution in [0.4, 0.5) is 0 Å². The molecule has 2 heterocycles. The Morgan fingerprint density at radius 2 is 1.96 bits per heavy atom. The van der Waals surface area contributed by atoms with Crippen molar-refractivity contribution in [1.82, 2.24) is 10.2 Å². The minimum atomic E-state index is -0.222. The van der Waals surface area contributed by atoms with Gasteiger partial charge in [0.2, 0.25) is 5.91 Å². The fourth-order valence-corrected chi connectivity index (χ4v) is 5.44. The first-order valence-electron chi connectivity index (χ1n) is 9.21. The Bertz CT molecular complexity index is 762. The van der Waals surface area contributed by atoms with Crippen molar-refractivity contribution < 1.29 is 9.59 Å². The standard InChI is InChI=1S/C20H22N2O2S2/c23-18-15(10-14-8-4-5-9-16(14)21-18)11-17-19(24)22(20(25)26-17)12-13-6-2-1-3-7-13/h1-3,6-7,11,14-16H,4-5,8-10,12H2,(H,21,23)/b17-11-. The summed E-state index contributed by atoms with van der Waals surface area (Å²) in [5.41, 5.74) is 1.05. The number of amides is 2. The average Bonchev–Trinajstić information content (AvgIpc) is 2.91. The number of hydrogen-bond donors (Lipinski definition) is 1. The number of carbonyl (C=O) groups is 2. The number of benzene rings is 1. The van der Waals surface area contributed by atoms with E-state index in [0.717, 1.165) is 18.4 Å². The van der Waals surface area contributed by atoms with E-state index in [-0.39, 0.29) is 17.7 Å². The molecular formula is C20H22N2O2S2. The van der Waals surface area contributed by atoms with Crippen LogP contribution in [-0.4, -0.2) is 27.1 Å². The normalized spacial score (nSPS) is 30.5. The van der Waals surface area contributed by atoms with Gasteiger partial charge in [0.05, 0.1) is 17.4 Å². The monoisotopic (exact) mass is 386 g/mol. The van der Waals surface area contributed by atoms with Crippen LogP contribution < -0.4 is 5.32 Å². The number of carbonyl (C=O) groups excluding carboxylic acids is 2. The molecule has 6 heteroatoms. The number of nitrogens with zero attached hydrogens (tertiary/aromatic N) is 1. The molecule has 3 aliphatic rings. The molecule has 3 atom stereocenters. The van der Waals surface area contributed by atoms with E-state index in [4.69, 9.17) is 12.2 Å². The molecule has 2 saturated heterocycles. The molecule has 2 amide bonds. The molecule has 1 saturated carbocycles. The maximum atomic E-state index is 12.8. The third-order valence-corrected chi connectivity index (χ3v) is 6.94. The van der Waals surface area contributed by atoms with E-state index < -0.39 is 0 Å². The summed E-state index contributed by atoms with van der Waals surface area (Å²) >= 11 is 6.73. The first kappa shape index (κ1) is 17.7. The highest BCUT2D eigenvalue weighted by molar-refractivity contribution is 8.26. The second-order valence-corrected chi connectivity index (χ2v) is 8.95. The van der Waals surface area contributed by atoms with Crippen LogP contribution >= 0.6 is 24.0 Å².